The standard InChI is InChI=1S/C20H23N2O4PS/c1-3-24-27(23,25-4-2)15-18-20(22-28-21-18)26-19(16-11-7-5-8-12-16)17-13-9-6-10-14-17/h5-14,19H,3-4,15H2,1-2H3. The van der Waals surface area contributed by atoms with Crippen molar-refractivity contribution in [3.8, 4) is 5.88 Å². The Morgan fingerprint density at radius 1 is 0.893 bits per heavy atom. The normalized spacial score (nSPS) is 11.7. The predicted octanol–water partition coefficient (Wildman–Crippen LogP) is 5.47. The first kappa shape index (κ1) is 20.7. The lowest BCUT2D eigenvalue weighted by Gasteiger charge is -2.20. The molecule has 8 heteroatoms. The number of nitrogens with zero attached hydrogens (tertiary/aromatic N) is 2. The summed E-state index contributed by atoms with van der Waals surface area (Å²) in [7, 11) is -3.30. The van der Waals surface area contributed by atoms with Crippen LogP contribution < -0.4 is 4.74 Å². The molecule has 0 unspecified atom stereocenters. The summed E-state index contributed by atoms with van der Waals surface area (Å²) >= 11 is 1.02. The van der Waals surface area contributed by atoms with E-state index in [2.05, 4.69) is 8.75 Å². The van der Waals surface area contributed by atoms with Crippen LogP contribution in [0, 0.1) is 0 Å². The topological polar surface area (TPSA) is 70.5 Å². The molecular formula is C20H23N2O4PS. The van der Waals surface area contributed by atoms with Gasteiger partial charge in [-0.15, -0.1) is 4.37 Å². The van der Waals surface area contributed by atoms with Crippen LogP contribution in [0.2, 0.25) is 0 Å². The highest BCUT2D eigenvalue weighted by molar-refractivity contribution is 7.53. The van der Waals surface area contributed by atoms with E-state index < -0.39 is 7.60 Å². The Labute approximate surface area is 169 Å². The summed E-state index contributed by atoms with van der Waals surface area (Å²) in [6.07, 6.45) is -0.333. The Morgan fingerprint density at radius 3 is 1.93 bits per heavy atom. The molecule has 0 amide bonds. The second-order valence-electron chi connectivity index (χ2n) is 5.94. The van der Waals surface area contributed by atoms with Crippen molar-refractivity contribution in [2.45, 2.75) is 26.1 Å². The maximum Gasteiger partial charge on any atom is 0.336 e. The van der Waals surface area contributed by atoms with Crippen molar-refractivity contribution in [3.63, 3.8) is 0 Å². The van der Waals surface area contributed by atoms with Crippen LogP contribution in [0.15, 0.2) is 60.7 Å². The Kier molecular flexibility index (Phi) is 7.34. The van der Waals surface area contributed by atoms with E-state index in [4.69, 9.17) is 13.8 Å². The molecule has 148 valence electrons. The van der Waals surface area contributed by atoms with Gasteiger partial charge in [0.25, 0.3) is 5.88 Å². The van der Waals surface area contributed by atoms with Crippen LogP contribution >= 0.6 is 19.3 Å². The minimum atomic E-state index is -3.30. The van der Waals surface area contributed by atoms with Gasteiger partial charge in [-0.25, -0.2) is 0 Å². The quantitative estimate of drug-likeness (QED) is 0.407. The SMILES string of the molecule is CCOP(=O)(Cc1nsnc1OC(c1ccccc1)c1ccccc1)OCC. The van der Waals surface area contributed by atoms with Crippen molar-refractivity contribution in [1.82, 2.24) is 8.75 Å². The maximum absolute atomic E-state index is 12.9. The molecule has 0 N–H and O–H groups in total. The highest BCUT2D eigenvalue weighted by Crippen LogP contribution is 2.52. The minimum absolute atomic E-state index is 0.0246. The van der Waals surface area contributed by atoms with Gasteiger partial charge in [-0.05, 0) is 25.0 Å². The smallest absolute Gasteiger partial charge is 0.336 e. The molecule has 0 saturated carbocycles. The zero-order valence-corrected chi connectivity index (χ0v) is 17.6. The molecule has 0 radical (unpaired) electrons. The van der Waals surface area contributed by atoms with Gasteiger partial charge in [0.1, 0.15) is 5.69 Å². The van der Waals surface area contributed by atoms with E-state index in [1.54, 1.807) is 13.8 Å². The molecule has 3 aromatic rings. The first-order valence-corrected chi connectivity index (χ1v) is 11.6. The van der Waals surface area contributed by atoms with E-state index in [9.17, 15) is 4.57 Å². The summed E-state index contributed by atoms with van der Waals surface area (Å²) in [5.41, 5.74) is 2.46. The highest BCUT2D eigenvalue weighted by atomic mass is 32.1. The van der Waals surface area contributed by atoms with Crippen LogP contribution in [0.4, 0.5) is 0 Å². The molecule has 0 aliphatic rings. The number of benzene rings is 2. The molecular weight excluding hydrogens is 395 g/mol. The summed E-state index contributed by atoms with van der Waals surface area (Å²) in [6, 6.07) is 19.8. The van der Waals surface area contributed by atoms with Crippen LogP contribution in [0.5, 0.6) is 5.88 Å². The van der Waals surface area contributed by atoms with E-state index >= 15 is 0 Å². The van der Waals surface area contributed by atoms with E-state index in [-0.39, 0.29) is 12.3 Å². The van der Waals surface area contributed by atoms with Gasteiger partial charge in [-0.1, -0.05) is 60.7 Å². The average molecular weight is 418 g/mol. The van der Waals surface area contributed by atoms with Crippen LogP contribution in [-0.2, 0) is 19.8 Å². The molecule has 0 atom stereocenters. The Hall–Kier alpha value is -2.05. The second kappa shape index (κ2) is 9.94. The monoisotopic (exact) mass is 418 g/mol. The molecule has 3 rings (SSSR count). The third-order valence-corrected chi connectivity index (χ3v) is 6.49. The van der Waals surface area contributed by atoms with Crippen molar-refractivity contribution >= 4 is 19.3 Å². The van der Waals surface area contributed by atoms with Crippen molar-refractivity contribution in [3.05, 3.63) is 77.5 Å². The summed E-state index contributed by atoms with van der Waals surface area (Å²) < 4.78 is 38.5. The molecule has 6 nitrogen and oxygen atoms in total. The van der Waals surface area contributed by atoms with E-state index in [1.807, 2.05) is 60.7 Å². The molecule has 1 heterocycles. The molecule has 0 spiro atoms. The lowest BCUT2D eigenvalue weighted by Crippen LogP contribution is -2.11. The number of rotatable bonds is 10. The first-order valence-electron chi connectivity index (χ1n) is 9.11. The summed E-state index contributed by atoms with van der Waals surface area (Å²) in [4.78, 5) is 0. The van der Waals surface area contributed by atoms with Crippen LogP contribution in [0.1, 0.15) is 36.8 Å². The first-order chi connectivity index (χ1) is 13.6. The van der Waals surface area contributed by atoms with Crippen molar-refractivity contribution in [2.75, 3.05) is 13.2 Å². The predicted molar refractivity (Wildman–Crippen MR) is 110 cm³/mol. The molecule has 0 aliphatic heterocycles. The molecule has 0 saturated heterocycles. The average Bonchev–Trinajstić information content (AvgIpc) is 3.14. The van der Waals surface area contributed by atoms with Crippen molar-refractivity contribution in [1.29, 1.82) is 0 Å². The fraction of sp³-hybridized carbons (Fsp3) is 0.300. The van der Waals surface area contributed by atoms with Gasteiger partial charge >= 0.3 is 7.60 Å². The zero-order chi connectivity index (χ0) is 19.8. The summed E-state index contributed by atoms with van der Waals surface area (Å²) in [5, 5.41) is 0. The Bertz CT molecular complexity index is 855. The largest absolute Gasteiger partial charge is 0.463 e. The maximum atomic E-state index is 12.9. The number of hydrogen-bond acceptors (Lipinski definition) is 7. The van der Waals surface area contributed by atoms with Gasteiger partial charge in [-0.2, -0.15) is 4.37 Å². The van der Waals surface area contributed by atoms with Crippen LogP contribution in [0.3, 0.4) is 0 Å². The fourth-order valence-corrected chi connectivity index (χ4v) is 5.00. The Balaban J connectivity index is 1.89. The fourth-order valence-electron chi connectivity index (χ4n) is 2.79. The number of aromatic nitrogens is 2. The molecule has 0 fully saturated rings. The molecule has 0 aliphatic carbocycles. The Morgan fingerprint density at radius 2 is 1.43 bits per heavy atom. The number of ether oxygens (including phenoxy) is 1. The molecule has 1 aromatic heterocycles. The summed E-state index contributed by atoms with van der Waals surface area (Å²) in [5.74, 6) is 0.349. The van der Waals surface area contributed by atoms with E-state index in [1.165, 1.54) is 0 Å². The van der Waals surface area contributed by atoms with Gasteiger partial charge in [-0.3, -0.25) is 4.57 Å². The molecule has 28 heavy (non-hydrogen) atoms. The van der Waals surface area contributed by atoms with Crippen molar-refractivity contribution < 1.29 is 18.3 Å². The third-order valence-electron chi connectivity index (χ3n) is 3.95. The van der Waals surface area contributed by atoms with E-state index in [0.29, 0.717) is 24.8 Å². The van der Waals surface area contributed by atoms with Crippen LogP contribution in [0.25, 0.3) is 0 Å². The van der Waals surface area contributed by atoms with Gasteiger partial charge in [0, 0.05) is 0 Å². The zero-order valence-electron chi connectivity index (χ0n) is 15.9. The number of hydrogen-bond donors (Lipinski definition) is 0. The second-order valence-corrected chi connectivity index (χ2v) is 8.52. The lowest BCUT2D eigenvalue weighted by atomic mass is 10.0. The molecule has 2 aromatic carbocycles. The van der Waals surface area contributed by atoms with Gasteiger partial charge in [0.15, 0.2) is 6.10 Å². The van der Waals surface area contributed by atoms with Crippen molar-refractivity contribution in [2.24, 2.45) is 0 Å². The summed E-state index contributed by atoms with van der Waals surface area (Å²) in [6.45, 7) is 4.15. The van der Waals surface area contributed by atoms with Crippen LogP contribution in [-0.4, -0.2) is 22.0 Å². The van der Waals surface area contributed by atoms with E-state index in [0.717, 1.165) is 22.9 Å². The van der Waals surface area contributed by atoms with Gasteiger partial charge in [0.2, 0.25) is 0 Å². The van der Waals surface area contributed by atoms with Gasteiger partial charge < -0.3 is 13.8 Å². The third kappa shape index (κ3) is 5.26. The highest BCUT2D eigenvalue weighted by Gasteiger charge is 2.29. The van der Waals surface area contributed by atoms with Gasteiger partial charge in [0.05, 0.1) is 31.1 Å². The molecule has 0 bridgehead atoms. The minimum Gasteiger partial charge on any atom is -0.463 e. The lowest BCUT2D eigenvalue weighted by molar-refractivity contribution is 0.215.